The molecular weight excluding hydrogens is 283 g/mol. The Bertz CT molecular complexity index is 448. The summed E-state index contributed by atoms with van der Waals surface area (Å²) in [6.45, 7) is 0.604. The number of hydrogen-bond donors (Lipinski definition) is 4. The van der Waals surface area contributed by atoms with Crippen LogP contribution < -0.4 is 10.9 Å². The van der Waals surface area contributed by atoms with Crippen molar-refractivity contribution in [1.29, 1.82) is 0 Å². The van der Waals surface area contributed by atoms with E-state index in [1.807, 2.05) is 30.3 Å². The monoisotopic (exact) mass is 302 g/mol. The Labute approximate surface area is 117 Å². The predicted molar refractivity (Wildman–Crippen MR) is 73.9 cm³/mol. The Morgan fingerprint density at radius 3 is 2.55 bits per heavy atom. The first-order valence-corrected chi connectivity index (χ1v) is 8.01. The van der Waals surface area contributed by atoms with Crippen LogP contribution in [0.25, 0.3) is 0 Å². The topological polar surface area (TPSA) is 108 Å². The third-order valence-electron chi connectivity index (χ3n) is 2.40. The normalized spacial score (nSPS) is 11.1. The fourth-order valence-corrected chi connectivity index (χ4v) is 2.06. The van der Waals surface area contributed by atoms with Gasteiger partial charge in [-0.25, -0.2) is 10.2 Å². The second kappa shape index (κ2) is 8.71. The third kappa shape index (κ3) is 8.66. The van der Waals surface area contributed by atoms with Gasteiger partial charge in [-0.05, 0) is 18.4 Å². The minimum atomic E-state index is -3.92. The molecule has 0 heterocycles. The van der Waals surface area contributed by atoms with Crippen molar-refractivity contribution in [3.8, 4) is 0 Å². The molecule has 8 heteroatoms. The molecular formula is C12H19N2O5P. The molecule has 0 atom stereocenters. The van der Waals surface area contributed by atoms with E-state index in [1.54, 1.807) is 0 Å². The fourth-order valence-electron chi connectivity index (χ4n) is 1.43. The quantitative estimate of drug-likeness (QED) is 0.328. The average molecular weight is 302 g/mol. The molecule has 112 valence electrons. The Kier molecular flexibility index (Phi) is 7.25. The van der Waals surface area contributed by atoms with Gasteiger partial charge in [0.25, 0.3) is 0 Å². The van der Waals surface area contributed by atoms with E-state index in [0.717, 1.165) is 5.56 Å². The molecule has 1 aromatic rings. The van der Waals surface area contributed by atoms with E-state index in [9.17, 15) is 9.36 Å². The Morgan fingerprint density at radius 1 is 1.20 bits per heavy atom. The molecule has 0 unspecified atom stereocenters. The zero-order valence-corrected chi connectivity index (χ0v) is 11.9. The number of hydrogen-bond acceptors (Lipinski definition) is 4. The van der Waals surface area contributed by atoms with Crippen LogP contribution in [-0.4, -0.2) is 28.6 Å². The second-order valence-corrected chi connectivity index (χ2v) is 5.99. The number of carbonyl (C=O) groups is 1. The minimum Gasteiger partial charge on any atom is -0.444 e. The van der Waals surface area contributed by atoms with E-state index in [-0.39, 0.29) is 12.8 Å². The minimum absolute atomic E-state index is 0.146. The molecule has 0 saturated carbocycles. The largest absolute Gasteiger partial charge is 0.444 e. The van der Waals surface area contributed by atoms with Crippen molar-refractivity contribution in [2.75, 3.05) is 12.7 Å². The molecule has 0 saturated heterocycles. The van der Waals surface area contributed by atoms with Crippen LogP contribution in [-0.2, 0) is 15.9 Å². The molecule has 0 radical (unpaired) electrons. The van der Waals surface area contributed by atoms with E-state index in [1.165, 1.54) is 0 Å². The van der Waals surface area contributed by atoms with Gasteiger partial charge < -0.3 is 14.5 Å². The second-order valence-electron chi connectivity index (χ2n) is 4.21. The summed E-state index contributed by atoms with van der Waals surface area (Å²) in [7, 11) is -3.92. The van der Waals surface area contributed by atoms with Crippen LogP contribution in [0.5, 0.6) is 0 Å². The molecule has 0 aliphatic rings. The van der Waals surface area contributed by atoms with E-state index in [4.69, 9.17) is 14.5 Å². The first kappa shape index (κ1) is 16.7. The van der Waals surface area contributed by atoms with Crippen LogP contribution in [0.2, 0.25) is 0 Å². The highest BCUT2D eigenvalue weighted by Gasteiger charge is 2.11. The molecule has 0 aromatic heterocycles. The smallest absolute Gasteiger partial charge is 0.421 e. The lowest BCUT2D eigenvalue weighted by Gasteiger charge is -2.08. The van der Waals surface area contributed by atoms with Gasteiger partial charge >= 0.3 is 13.7 Å². The molecule has 0 fully saturated rings. The van der Waals surface area contributed by atoms with Gasteiger partial charge in [-0.3, -0.25) is 9.99 Å². The summed E-state index contributed by atoms with van der Waals surface area (Å²) in [4.78, 5) is 28.6. The summed E-state index contributed by atoms with van der Waals surface area (Å²) in [6.07, 6.45) is 0.193. The zero-order chi connectivity index (χ0) is 14.8. The van der Waals surface area contributed by atoms with Crippen molar-refractivity contribution >= 4 is 13.7 Å². The van der Waals surface area contributed by atoms with Crippen LogP contribution in [0.15, 0.2) is 30.3 Å². The number of amides is 1. The van der Waals surface area contributed by atoms with Gasteiger partial charge in [0.15, 0.2) is 0 Å². The highest BCUT2D eigenvalue weighted by Crippen LogP contribution is 2.35. The van der Waals surface area contributed by atoms with Crippen LogP contribution >= 0.6 is 7.60 Å². The standard InChI is InChI=1S/C12H19N2O5P/c15-12(19-10-11-6-2-1-3-7-11)14-13-8-4-5-9-20(16,17)18/h1-3,6-7,13H,4-5,8-10H2,(H,14,15)(H2,16,17,18). The number of nitrogens with one attached hydrogen (secondary N) is 2. The number of rotatable bonds is 8. The highest BCUT2D eigenvalue weighted by atomic mass is 31.2. The van der Waals surface area contributed by atoms with Gasteiger partial charge in [0.1, 0.15) is 6.61 Å². The maximum Gasteiger partial charge on any atom is 0.421 e. The molecule has 1 rings (SSSR count). The number of benzene rings is 1. The molecule has 1 aromatic carbocycles. The third-order valence-corrected chi connectivity index (χ3v) is 3.30. The molecule has 4 N–H and O–H groups in total. The Balaban J connectivity index is 2.02. The average Bonchev–Trinajstić information content (AvgIpc) is 2.40. The predicted octanol–water partition coefficient (Wildman–Crippen LogP) is 1.38. The van der Waals surface area contributed by atoms with E-state index < -0.39 is 13.7 Å². The van der Waals surface area contributed by atoms with Crippen LogP contribution in [0, 0.1) is 0 Å². The number of carbonyl (C=O) groups excluding carboxylic acids is 1. The summed E-state index contributed by atoms with van der Waals surface area (Å²) >= 11 is 0. The summed E-state index contributed by atoms with van der Waals surface area (Å²) in [5.41, 5.74) is 5.87. The van der Waals surface area contributed by atoms with Crippen molar-refractivity contribution in [3.63, 3.8) is 0 Å². The number of ether oxygens (including phenoxy) is 1. The van der Waals surface area contributed by atoms with Gasteiger partial charge in [-0.15, -0.1) is 0 Å². The molecule has 0 aliphatic heterocycles. The molecule has 20 heavy (non-hydrogen) atoms. The maximum absolute atomic E-state index is 11.3. The van der Waals surface area contributed by atoms with Crippen molar-refractivity contribution in [2.24, 2.45) is 0 Å². The van der Waals surface area contributed by atoms with Gasteiger partial charge in [0, 0.05) is 12.7 Å². The van der Waals surface area contributed by atoms with Crippen molar-refractivity contribution in [2.45, 2.75) is 19.4 Å². The van der Waals surface area contributed by atoms with E-state index in [2.05, 4.69) is 10.9 Å². The zero-order valence-electron chi connectivity index (χ0n) is 11.0. The number of hydrazine groups is 1. The fraction of sp³-hybridized carbons (Fsp3) is 0.417. The lowest BCUT2D eigenvalue weighted by atomic mass is 10.2. The number of unbranched alkanes of at least 4 members (excludes halogenated alkanes) is 1. The van der Waals surface area contributed by atoms with Gasteiger partial charge in [-0.2, -0.15) is 0 Å². The van der Waals surface area contributed by atoms with Crippen molar-refractivity contribution in [1.82, 2.24) is 10.9 Å². The Morgan fingerprint density at radius 2 is 1.90 bits per heavy atom. The van der Waals surface area contributed by atoms with Crippen LogP contribution in [0.1, 0.15) is 18.4 Å². The van der Waals surface area contributed by atoms with Crippen molar-refractivity contribution < 1.29 is 23.9 Å². The summed E-state index contributed by atoms with van der Waals surface area (Å²) in [5.74, 6) is 0. The van der Waals surface area contributed by atoms with E-state index in [0.29, 0.717) is 19.4 Å². The highest BCUT2D eigenvalue weighted by molar-refractivity contribution is 7.51. The summed E-state index contributed by atoms with van der Waals surface area (Å²) in [5, 5.41) is 0. The maximum atomic E-state index is 11.3. The molecule has 0 spiro atoms. The van der Waals surface area contributed by atoms with Crippen LogP contribution in [0.3, 0.4) is 0 Å². The lowest BCUT2D eigenvalue weighted by molar-refractivity contribution is 0.135. The lowest BCUT2D eigenvalue weighted by Crippen LogP contribution is -2.38. The summed E-state index contributed by atoms with van der Waals surface area (Å²) in [6, 6.07) is 9.29. The van der Waals surface area contributed by atoms with Gasteiger partial charge in [-0.1, -0.05) is 30.3 Å². The molecule has 0 bridgehead atoms. The van der Waals surface area contributed by atoms with Gasteiger partial charge in [0.2, 0.25) is 0 Å². The van der Waals surface area contributed by atoms with E-state index >= 15 is 0 Å². The first-order valence-electron chi connectivity index (χ1n) is 6.21. The molecule has 1 amide bonds. The van der Waals surface area contributed by atoms with Crippen molar-refractivity contribution in [3.05, 3.63) is 35.9 Å². The molecule has 7 nitrogen and oxygen atoms in total. The SMILES string of the molecule is O=C(NNCCCCP(=O)(O)O)OCc1ccccc1. The Hall–Kier alpha value is -1.40. The first-order chi connectivity index (χ1) is 9.47. The van der Waals surface area contributed by atoms with Crippen LogP contribution in [0.4, 0.5) is 4.79 Å². The van der Waals surface area contributed by atoms with Gasteiger partial charge in [0.05, 0.1) is 0 Å². The summed E-state index contributed by atoms with van der Waals surface area (Å²) < 4.78 is 15.5. The molecule has 0 aliphatic carbocycles.